The molecule has 27 heavy (non-hydrogen) atoms. The Bertz CT molecular complexity index is 1090. The van der Waals surface area contributed by atoms with E-state index in [0.29, 0.717) is 25.3 Å². The van der Waals surface area contributed by atoms with Crippen molar-refractivity contribution >= 4 is 16.7 Å². The molecule has 0 N–H and O–H groups in total. The van der Waals surface area contributed by atoms with Gasteiger partial charge in [0, 0.05) is 24.7 Å². The van der Waals surface area contributed by atoms with Gasteiger partial charge in [0.05, 0.1) is 24.6 Å². The smallest absolute Gasteiger partial charge is 0.273 e. The molecule has 1 aromatic carbocycles. The van der Waals surface area contributed by atoms with E-state index in [1.807, 2.05) is 36.5 Å². The first-order valence-electron chi connectivity index (χ1n) is 8.66. The molecule has 1 aliphatic heterocycles. The number of rotatable bonds is 4. The Kier molecular flexibility index (Phi) is 3.63. The van der Waals surface area contributed by atoms with Crippen molar-refractivity contribution in [3.05, 3.63) is 66.5 Å². The summed E-state index contributed by atoms with van der Waals surface area (Å²) in [6.45, 7) is 1.65. The molecule has 0 atom stereocenters. The number of aromatic nitrogens is 7. The fraction of sp³-hybridized carbons (Fsp3) is 0.222. The predicted molar refractivity (Wildman–Crippen MR) is 95.8 cm³/mol. The first-order chi connectivity index (χ1) is 13.3. The summed E-state index contributed by atoms with van der Waals surface area (Å²) < 4.78 is 1.80. The van der Waals surface area contributed by atoms with Crippen LogP contribution in [0.25, 0.3) is 10.8 Å². The number of fused-ring (bicyclic) bond motifs is 1. The van der Waals surface area contributed by atoms with Crippen LogP contribution in [-0.2, 0) is 6.54 Å². The highest BCUT2D eigenvalue weighted by Gasteiger charge is 2.34. The van der Waals surface area contributed by atoms with Crippen molar-refractivity contribution in [2.45, 2.75) is 12.6 Å². The second-order valence-corrected chi connectivity index (χ2v) is 6.49. The minimum atomic E-state index is -0.0517. The average Bonchev–Trinajstić information content (AvgIpc) is 3.33. The van der Waals surface area contributed by atoms with E-state index in [1.165, 1.54) is 0 Å². The lowest BCUT2D eigenvalue weighted by molar-refractivity contribution is 0.0494. The summed E-state index contributed by atoms with van der Waals surface area (Å²) >= 11 is 0. The van der Waals surface area contributed by atoms with Crippen LogP contribution in [0.5, 0.6) is 0 Å². The van der Waals surface area contributed by atoms with Gasteiger partial charge in [0.1, 0.15) is 17.9 Å². The SMILES string of the molecule is O=C(c1nccc2ccccc12)N1CC(n2cc(Cn3nccn3)nn2)C1. The lowest BCUT2D eigenvalue weighted by Crippen LogP contribution is -2.51. The molecule has 0 radical (unpaired) electrons. The molecule has 0 saturated carbocycles. The Morgan fingerprint density at radius 1 is 1.07 bits per heavy atom. The number of carbonyl (C=O) groups is 1. The van der Waals surface area contributed by atoms with Crippen LogP contribution in [0.1, 0.15) is 22.2 Å². The first-order valence-corrected chi connectivity index (χ1v) is 8.66. The van der Waals surface area contributed by atoms with Gasteiger partial charge in [0.2, 0.25) is 0 Å². The van der Waals surface area contributed by atoms with Gasteiger partial charge in [-0.05, 0) is 11.5 Å². The van der Waals surface area contributed by atoms with Crippen molar-refractivity contribution in [1.29, 1.82) is 0 Å². The molecule has 1 aliphatic rings. The molecule has 1 saturated heterocycles. The molecular weight excluding hydrogens is 344 g/mol. The quantitative estimate of drug-likeness (QED) is 0.542. The Balaban J connectivity index is 1.28. The summed E-state index contributed by atoms with van der Waals surface area (Å²) in [6, 6.07) is 9.83. The largest absolute Gasteiger partial charge is 0.333 e. The number of likely N-dealkylation sites (tertiary alicyclic amines) is 1. The van der Waals surface area contributed by atoms with Crippen molar-refractivity contribution in [3.63, 3.8) is 0 Å². The van der Waals surface area contributed by atoms with Crippen LogP contribution >= 0.6 is 0 Å². The molecule has 3 aromatic heterocycles. The van der Waals surface area contributed by atoms with E-state index in [1.54, 1.807) is 33.0 Å². The zero-order chi connectivity index (χ0) is 18.2. The van der Waals surface area contributed by atoms with Gasteiger partial charge in [-0.25, -0.2) is 4.68 Å². The molecule has 0 bridgehead atoms. The third-order valence-corrected chi connectivity index (χ3v) is 4.73. The standard InChI is InChI=1S/C18H16N8O/c27-18(17-16-4-2-1-3-13(16)5-6-19-17)24-11-15(12-24)25-9-14(22-23-25)10-26-20-7-8-21-26/h1-9,15H,10-12H2. The summed E-state index contributed by atoms with van der Waals surface area (Å²) in [7, 11) is 0. The number of benzene rings is 1. The molecular formula is C18H16N8O. The van der Waals surface area contributed by atoms with Crippen molar-refractivity contribution in [1.82, 2.24) is 39.9 Å². The topological polar surface area (TPSA) is 94.6 Å². The van der Waals surface area contributed by atoms with E-state index in [4.69, 9.17) is 0 Å². The number of hydrogen-bond donors (Lipinski definition) is 0. The fourth-order valence-electron chi connectivity index (χ4n) is 3.26. The maximum absolute atomic E-state index is 12.8. The van der Waals surface area contributed by atoms with E-state index < -0.39 is 0 Å². The van der Waals surface area contributed by atoms with Crippen LogP contribution in [0.3, 0.4) is 0 Å². The Morgan fingerprint density at radius 2 is 1.89 bits per heavy atom. The summed E-state index contributed by atoms with van der Waals surface area (Å²) in [5.74, 6) is -0.0517. The molecule has 5 rings (SSSR count). The molecule has 0 aliphatic carbocycles. The summed E-state index contributed by atoms with van der Waals surface area (Å²) in [4.78, 5) is 20.5. The molecule has 1 amide bonds. The van der Waals surface area contributed by atoms with Crippen molar-refractivity contribution in [2.75, 3.05) is 13.1 Å². The highest BCUT2D eigenvalue weighted by molar-refractivity contribution is 6.05. The molecule has 4 aromatic rings. The second kappa shape index (κ2) is 6.27. The van der Waals surface area contributed by atoms with E-state index in [9.17, 15) is 4.79 Å². The van der Waals surface area contributed by atoms with Crippen LogP contribution in [0.15, 0.2) is 55.1 Å². The van der Waals surface area contributed by atoms with Gasteiger partial charge in [-0.15, -0.1) is 5.10 Å². The van der Waals surface area contributed by atoms with E-state index in [-0.39, 0.29) is 11.9 Å². The molecule has 4 heterocycles. The summed E-state index contributed by atoms with van der Waals surface area (Å²) in [5, 5.41) is 18.4. The van der Waals surface area contributed by atoms with Gasteiger partial charge in [0.15, 0.2) is 0 Å². The lowest BCUT2D eigenvalue weighted by Gasteiger charge is -2.38. The first kappa shape index (κ1) is 15.6. The summed E-state index contributed by atoms with van der Waals surface area (Å²) in [6.07, 6.45) is 6.81. The molecule has 1 fully saturated rings. The fourth-order valence-corrected chi connectivity index (χ4v) is 3.26. The Labute approximate surface area is 154 Å². The molecule has 134 valence electrons. The number of pyridine rings is 1. The van der Waals surface area contributed by atoms with Crippen LogP contribution in [-0.4, -0.2) is 58.9 Å². The Morgan fingerprint density at radius 3 is 2.74 bits per heavy atom. The Hall–Kier alpha value is -3.62. The van der Waals surface area contributed by atoms with Gasteiger partial charge in [0.25, 0.3) is 5.91 Å². The normalized spacial score (nSPS) is 14.4. The molecule has 0 unspecified atom stereocenters. The average molecular weight is 360 g/mol. The predicted octanol–water partition coefficient (Wildman–Crippen LogP) is 1.16. The van der Waals surface area contributed by atoms with Crippen LogP contribution < -0.4 is 0 Å². The summed E-state index contributed by atoms with van der Waals surface area (Å²) in [5.41, 5.74) is 1.28. The van der Waals surface area contributed by atoms with Gasteiger partial charge < -0.3 is 4.90 Å². The number of amides is 1. The molecule has 0 spiro atoms. The van der Waals surface area contributed by atoms with E-state index in [0.717, 1.165) is 16.5 Å². The monoisotopic (exact) mass is 360 g/mol. The lowest BCUT2D eigenvalue weighted by atomic mass is 10.1. The minimum absolute atomic E-state index is 0.0517. The molecule has 9 nitrogen and oxygen atoms in total. The van der Waals surface area contributed by atoms with E-state index in [2.05, 4.69) is 25.5 Å². The second-order valence-electron chi connectivity index (χ2n) is 6.49. The van der Waals surface area contributed by atoms with Gasteiger partial charge >= 0.3 is 0 Å². The van der Waals surface area contributed by atoms with Crippen molar-refractivity contribution < 1.29 is 4.79 Å². The van der Waals surface area contributed by atoms with Crippen molar-refractivity contribution in [3.8, 4) is 0 Å². The van der Waals surface area contributed by atoms with Gasteiger partial charge in [-0.2, -0.15) is 15.0 Å². The maximum Gasteiger partial charge on any atom is 0.273 e. The maximum atomic E-state index is 12.8. The number of nitrogens with zero attached hydrogens (tertiary/aromatic N) is 8. The molecule has 9 heteroatoms. The number of hydrogen-bond acceptors (Lipinski definition) is 6. The third kappa shape index (κ3) is 2.82. The van der Waals surface area contributed by atoms with Crippen LogP contribution in [0, 0.1) is 0 Å². The zero-order valence-electron chi connectivity index (χ0n) is 14.4. The van der Waals surface area contributed by atoms with Gasteiger partial charge in [-0.1, -0.05) is 29.5 Å². The zero-order valence-corrected chi connectivity index (χ0v) is 14.4. The number of carbonyl (C=O) groups excluding carboxylic acids is 1. The minimum Gasteiger partial charge on any atom is -0.333 e. The van der Waals surface area contributed by atoms with Crippen molar-refractivity contribution in [2.24, 2.45) is 0 Å². The third-order valence-electron chi connectivity index (χ3n) is 4.73. The highest BCUT2D eigenvalue weighted by atomic mass is 16.2. The van der Waals surface area contributed by atoms with Gasteiger partial charge in [-0.3, -0.25) is 9.78 Å². The van der Waals surface area contributed by atoms with Crippen LogP contribution in [0.4, 0.5) is 0 Å². The highest BCUT2D eigenvalue weighted by Crippen LogP contribution is 2.25. The van der Waals surface area contributed by atoms with Crippen LogP contribution in [0.2, 0.25) is 0 Å². The van der Waals surface area contributed by atoms with E-state index >= 15 is 0 Å².